The third-order valence-electron chi connectivity index (χ3n) is 0.978. The predicted octanol–water partition coefficient (Wildman–Crippen LogP) is 2.71. The Morgan fingerprint density at radius 1 is 1.18 bits per heavy atom. The van der Waals surface area contributed by atoms with E-state index in [9.17, 15) is 0 Å². The van der Waals surface area contributed by atoms with Gasteiger partial charge in [0.25, 0.3) is 0 Å². The minimum atomic E-state index is 0.855. The lowest BCUT2D eigenvalue weighted by Gasteiger charge is -1.91. The van der Waals surface area contributed by atoms with Gasteiger partial charge >= 0.3 is 0 Å². The molecule has 0 radical (unpaired) electrons. The van der Waals surface area contributed by atoms with E-state index in [-0.39, 0.29) is 0 Å². The highest BCUT2D eigenvalue weighted by Crippen LogP contribution is 1.79. The van der Waals surface area contributed by atoms with Gasteiger partial charge in [-0.3, -0.25) is 0 Å². The Kier molecular flexibility index (Phi) is 8.60. The average molecular weight is 156 g/mol. The number of hydrogen-bond donors (Lipinski definition) is 0. The quantitative estimate of drug-likeness (QED) is 0.628. The monoisotopic (exact) mass is 156 g/mol. The van der Waals surface area contributed by atoms with Gasteiger partial charge in [-0.15, -0.1) is 0 Å². The fourth-order valence-corrected chi connectivity index (χ4v) is 0.515. The number of ether oxygens (including phenoxy) is 1. The van der Waals surface area contributed by atoms with Gasteiger partial charge in [-0.05, 0) is 25.5 Å². The van der Waals surface area contributed by atoms with Gasteiger partial charge in [0.2, 0.25) is 0 Å². The van der Waals surface area contributed by atoms with E-state index in [2.05, 4.69) is 11.3 Å². The minimum Gasteiger partial charge on any atom is -0.473 e. The van der Waals surface area contributed by atoms with Crippen LogP contribution in [0.3, 0.4) is 0 Å². The molecule has 0 N–H and O–H groups in total. The van der Waals surface area contributed by atoms with Gasteiger partial charge in [0.15, 0.2) is 0 Å². The largest absolute Gasteiger partial charge is 0.473 e. The molecule has 0 aliphatic rings. The summed E-state index contributed by atoms with van der Waals surface area (Å²) in [5, 5.41) is 0. The molecule has 0 bridgehead atoms. The molecule has 0 amide bonds. The Morgan fingerprint density at radius 3 is 2.00 bits per heavy atom. The van der Waals surface area contributed by atoms with Gasteiger partial charge in [0.05, 0.1) is 12.5 Å². The summed E-state index contributed by atoms with van der Waals surface area (Å²) in [7, 11) is 0. The summed E-state index contributed by atoms with van der Waals surface area (Å²) < 4.78 is 9.57. The first-order valence-electron chi connectivity index (χ1n) is 3.96. The van der Waals surface area contributed by atoms with E-state index in [1.54, 1.807) is 12.5 Å². The second-order valence-corrected chi connectivity index (χ2v) is 1.99. The molecule has 0 spiro atoms. The molecular weight excluding hydrogens is 140 g/mol. The van der Waals surface area contributed by atoms with Crippen LogP contribution in [0.15, 0.2) is 29.1 Å². The topological polar surface area (TPSA) is 22.4 Å². The molecule has 1 rings (SSSR count). The van der Waals surface area contributed by atoms with Gasteiger partial charge < -0.3 is 9.15 Å². The summed E-state index contributed by atoms with van der Waals surface area (Å²) in [6.07, 6.45) is 4.38. The highest BCUT2D eigenvalue weighted by Gasteiger charge is 1.72. The van der Waals surface area contributed by atoms with Crippen molar-refractivity contribution in [1.82, 2.24) is 0 Å². The van der Waals surface area contributed by atoms with Crippen molar-refractivity contribution in [3.05, 3.63) is 24.7 Å². The predicted molar refractivity (Wildman–Crippen MR) is 45.5 cm³/mol. The van der Waals surface area contributed by atoms with Gasteiger partial charge in [-0.1, -0.05) is 6.92 Å². The maximum absolute atomic E-state index is 4.98. The third kappa shape index (κ3) is 9.24. The van der Waals surface area contributed by atoms with E-state index in [4.69, 9.17) is 4.74 Å². The summed E-state index contributed by atoms with van der Waals surface area (Å²) in [5.74, 6) is 0. The number of rotatable bonds is 3. The van der Waals surface area contributed by atoms with Crippen LogP contribution in [0.1, 0.15) is 20.3 Å². The van der Waals surface area contributed by atoms with Crippen LogP contribution >= 0.6 is 0 Å². The molecule has 0 aromatic carbocycles. The molecule has 0 saturated heterocycles. The molecule has 2 nitrogen and oxygen atoms in total. The molecule has 11 heavy (non-hydrogen) atoms. The Bertz CT molecular complexity index is 103. The van der Waals surface area contributed by atoms with Crippen molar-refractivity contribution in [1.29, 1.82) is 0 Å². The van der Waals surface area contributed by atoms with Crippen LogP contribution in [0.25, 0.3) is 0 Å². The van der Waals surface area contributed by atoms with Crippen LogP contribution < -0.4 is 0 Å². The van der Waals surface area contributed by atoms with E-state index in [0.717, 1.165) is 19.6 Å². The van der Waals surface area contributed by atoms with Crippen LogP contribution in [0.4, 0.5) is 0 Å². The zero-order valence-electron chi connectivity index (χ0n) is 7.25. The second kappa shape index (κ2) is 9.24. The van der Waals surface area contributed by atoms with Crippen LogP contribution in [-0.4, -0.2) is 13.2 Å². The average Bonchev–Trinajstić information content (AvgIpc) is 2.57. The van der Waals surface area contributed by atoms with E-state index in [1.165, 1.54) is 0 Å². The maximum atomic E-state index is 4.98. The smallest absolute Gasteiger partial charge is 0.0902 e. The van der Waals surface area contributed by atoms with Crippen molar-refractivity contribution in [2.45, 2.75) is 20.3 Å². The Hall–Kier alpha value is -0.760. The van der Waals surface area contributed by atoms with Crippen LogP contribution in [-0.2, 0) is 4.74 Å². The maximum Gasteiger partial charge on any atom is 0.0902 e. The SMILES string of the molecule is CCCOCC.c1ccoc1. The first-order valence-corrected chi connectivity index (χ1v) is 3.96. The normalized spacial score (nSPS) is 8.55. The van der Waals surface area contributed by atoms with Crippen molar-refractivity contribution in [2.24, 2.45) is 0 Å². The lowest BCUT2D eigenvalue weighted by Crippen LogP contribution is -1.88. The molecule has 0 atom stereocenters. The minimum absolute atomic E-state index is 0.855. The fourth-order valence-electron chi connectivity index (χ4n) is 0.515. The molecule has 1 aromatic rings. The van der Waals surface area contributed by atoms with Crippen molar-refractivity contribution >= 4 is 0 Å². The zero-order valence-corrected chi connectivity index (χ0v) is 7.25. The lowest BCUT2D eigenvalue weighted by molar-refractivity contribution is 0.148. The molecule has 0 unspecified atom stereocenters. The fraction of sp³-hybridized carbons (Fsp3) is 0.556. The third-order valence-corrected chi connectivity index (χ3v) is 0.978. The second-order valence-electron chi connectivity index (χ2n) is 1.99. The molecule has 1 aromatic heterocycles. The summed E-state index contributed by atoms with van der Waals surface area (Å²) in [6, 6.07) is 3.67. The number of furan rings is 1. The van der Waals surface area contributed by atoms with E-state index in [1.807, 2.05) is 19.1 Å². The highest BCUT2D eigenvalue weighted by molar-refractivity contribution is 4.79. The molecule has 2 heteroatoms. The molecule has 0 saturated carbocycles. The van der Waals surface area contributed by atoms with Gasteiger partial charge in [0.1, 0.15) is 0 Å². The Labute approximate surface area is 68.2 Å². The summed E-state index contributed by atoms with van der Waals surface area (Å²) in [5.41, 5.74) is 0. The van der Waals surface area contributed by atoms with Gasteiger partial charge in [0, 0.05) is 13.2 Å². The standard InChI is InChI=1S/C5H12O.C4H4O/c1-3-5-6-4-2;1-2-4-5-3-1/h3-5H2,1-2H3;1-4H. The van der Waals surface area contributed by atoms with Crippen molar-refractivity contribution in [3.8, 4) is 0 Å². The van der Waals surface area contributed by atoms with E-state index < -0.39 is 0 Å². The Morgan fingerprint density at radius 2 is 1.82 bits per heavy atom. The Balaban J connectivity index is 0.000000183. The van der Waals surface area contributed by atoms with Crippen molar-refractivity contribution in [2.75, 3.05) is 13.2 Å². The highest BCUT2D eigenvalue weighted by atomic mass is 16.5. The lowest BCUT2D eigenvalue weighted by atomic mass is 10.5. The summed E-state index contributed by atoms with van der Waals surface area (Å²) in [4.78, 5) is 0. The molecule has 64 valence electrons. The summed E-state index contributed by atoms with van der Waals surface area (Å²) in [6.45, 7) is 5.88. The molecule has 0 fully saturated rings. The first kappa shape index (κ1) is 10.2. The number of hydrogen-bond acceptors (Lipinski definition) is 2. The van der Waals surface area contributed by atoms with E-state index >= 15 is 0 Å². The summed E-state index contributed by atoms with van der Waals surface area (Å²) >= 11 is 0. The van der Waals surface area contributed by atoms with Gasteiger partial charge in [-0.25, -0.2) is 0 Å². The molecule has 0 aliphatic heterocycles. The first-order chi connectivity index (χ1) is 5.41. The van der Waals surface area contributed by atoms with Crippen LogP contribution in [0.2, 0.25) is 0 Å². The molecule has 0 aliphatic carbocycles. The van der Waals surface area contributed by atoms with Crippen molar-refractivity contribution < 1.29 is 9.15 Å². The van der Waals surface area contributed by atoms with Crippen molar-refractivity contribution in [3.63, 3.8) is 0 Å². The van der Waals surface area contributed by atoms with Crippen LogP contribution in [0, 0.1) is 0 Å². The molecular formula is C9H16O2. The van der Waals surface area contributed by atoms with Crippen LogP contribution in [0.5, 0.6) is 0 Å². The van der Waals surface area contributed by atoms with Gasteiger partial charge in [-0.2, -0.15) is 0 Å². The molecule has 1 heterocycles. The van der Waals surface area contributed by atoms with E-state index in [0.29, 0.717) is 0 Å². The zero-order chi connectivity index (χ0) is 8.36.